The van der Waals surface area contributed by atoms with Gasteiger partial charge in [0.15, 0.2) is 5.78 Å². The molecular formula is C21H19ClF3N5O2S. The van der Waals surface area contributed by atoms with Gasteiger partial charge in [0.25, 0.3) is 5.91 Å². The van der Waals surface area contributed by atoms with Crippen molar-refractivity contribution in [2.75, 3.05) is 17.2 Å². The SMILES string of the molecule is C[C@H]1CN(c2ccc(C(F)(F)F)c(Cl)c2)C(=O)c2c(CC(=O)c3cccnc3N)cnn21.S. The molecule has 0 bridgehead atoms. The number of hydrogen-bond acceptors (Lipinski definition) is 5. The zero-order chi connectivity index (χ0) is 23.2. The van der Waals surface area contributed by atoms with Crippen molar-refractivity contribution in [2.45, 2.75) is 25.6 Å². The number of carbonyl (C=O) groups is 2. The zero-order valence-electron chi connectivity index (χ0n) is 17.2. The van der Waals surface area contributed by atoms with Crippen LogP contribution in [0.3, 0.4) is 0 Å². The molecule has 0 radical (unpaired) electrons. The molecule has 174 valence electrons. The van der Waals surface area contributed by atoms with E-state index in [-0.39, 0.29) is 61.0 Å². The van der Waals surface area contributed by atoms with E-state index in [1.807, 2.05) is 6.92 Å². The molecule has 4 rings (SSSR count). The number of Topliss-reactive ketones (excluding diaryl/α,β-unsaturated/α-hetero) is 1. The third-order valence-corrected chi connectivity index (χ3v) is 5.56. The maximum atomic E-state index is 13.3. The molecular weight excluding hydrogens is 479 g/mol. The van der Waals surface area contributed by atoms with E-state index in [4.69, 9.17) is 17.3 Å². The normalized spacial score (nSPS) is 15.7. The Labute approximate surface area is 198 Å². The van der Waals surface area contributed by atoms with Crippen molar-refractivity contribution in [1.82, 2.24) is 14.8 Å². The summed E-state index contributed by atoms with van der Waals surface area (Å²) in [6, 6.07) is 6.00. The maximum Gasteiger partial charge on any atom is 0.417 e. The Morgan fingerprint density at radius 1 is 1.30 bits per heavy atom. The smallest absolute Gasteiger partial charge is 0.383 e. The molecule has 1 amide bonds. The number of alkyl halides is 3. The molecule has 0 saturated heterocycles. The second-order valence-corrected chi connectivity index (χ2v) is 7.83. The average molecular weight is 498 g/mol. The first-order valence-corrected chi connectivity index (χ1v) is 9.94. The molecule has 3 heterocycles. The molecule has 7 nitrogen and oxygen atoms in total. The minimum Gasteiger partial charge on any atom is -0.383 e. The molecule has 1 atom stereocenters. The van der Waals surface area contributed by atoms with Crippen molar-refractivity contribution in [3.05, 3.63) is 70.1 Å². The lowest BCUT2D eigenvalue weighted by atomic mass is 10.0. The molecule has 1 aromatic carbocycles. The van der Waals surface area contributed by atoms with Crippen molar-refractivity contribution < 1.29 is 22.8 Å². The van der Waals surface area contributed by atoms with Crippen LogP contribution in [0, 0.1) is 0 Å². The van der Waals surface area contributed by atoms with Gasteiger partial charge >= 0.3 is 6.18 Å². The quantitative estimate of drug-likeness (QED) is 0.543. The van der Waals surface area contributed by atoms with Gasteiger partial charge in [0.05, 0.1) is 28.4 Å². The minimum absolute atomic E-state index is 0. The van der Waals surface area contributed by atoms with E-state index in [2.05, 4.69) is 10.1 Å². The highest BCUT2D eigenvalue weighted by atomic mass is 35.5. The van der Waals surface area contributed by atoms with Crippen molar-refractivity contribution in [3.8, 4) is 0 Å². The molecule has 12 heteroatoms. The van der Waals surface area contributed by atoms with Crippen LogP contribution in [0.1, 0.15) is 44.9 Å². The van der Waals surface area contributed by atoms with E-state index in [9.17, 15) is 22.8 Å². The number of pyridine rings is 1. The van der Waals surface area contributed by atoms with Gasteiger partial charge in [0.2, 0.25) is 0 Å². The number of fused-ring (bicyclic) bond motifs is 1. The Morgan fingerprint density at radius 3 is 2.67 bits per heavy atom. The highest BCUT2D eigenvalue weighted by Gasteiger charge is 2.36. The van der Waals surface area contributed by atoms with Gasteiger partial charge < -0.3 is 10.6 Å². The summed E-state index contributed by atoms with van der Waals surface area (Å²) >= 11 is 5.84. The molecule has 2 N–H and O–H groups in total. The average Bonchev–Trinajstić information content (AvgIpc) is 3.14. The summed E-state index contributed by atoms with van der Waals surface area (Å²) in [5, 5.41) is 3.74. The van der Waals surface area contributed by atoms with Gasteiger partial charge in [-0.25, -0.2) is 4.98 Å². The molecule has 1 aliphatic rings. The number of anilines is 2. The Morgan fingerprint density at radius 2 is 2.03 bits per heavy atom. The molecule has 0 spiro atoms. The number of halogens is 4. The Hall–Kier alpha value is -3.05. The van der Waals surface area contributed by atoms with Gasteiger partial charge in [-0.05, 0) is 37.3 Å². The molecule has 1 aliphatic heterocycles. The van der Waals surface area contributed by atoms with Gasteiger partial charge in [-0.15, -0.1) is 0 Å². The van der Waals surface area contributed by atoms with Crippen LogP contribution in [0.15, 0.2) is 42.7 Å². The predicted molar refractivity (Wildman–Crippen MR) is 122 cm³/mol. The van der Waals surface area contributed by atoms with Crippen molar-refractivity contribution in [2.24, 2.45) is 0 Å². The number of rotatable bonds is 4. The monoisotopic (exact) mass is 497 g/mol. The Kier molecular flexibility index (Phi) is 6.75. The van der Waals surface area contributed by atoms with Crippen LogP contribution in [-0.4, -0.2) is 33.0 Å². The molecule has 0 fully saturated rings. The first-order chi connectivity index (χ1) is 15.1. The zero-order valence-corrected chi connectivity index (χ0v) is 19.0. The maximum absolute atomic E-state index is 13.3. The highest BCUT2D eigenvalue weighted by molar-refractivity contribution is 7.59. The van der Waals surface area contributed by atoms with E-state index >= 15 is 0 Å². The summed E-state index contributed by atoms with van der Waals surface area (Å²) < 4.78 is 40.6. The minimum atomic E-state index is -4.60. The number of aromatic nitrogens is 3. The van der Waals surface area contributed by atoms with Crippen LogP contribution in [0.5, 0.6) is 0 Å². The molecule has 0 aliphatic carbocycles. The van der Waals surface area contributed by atoms with Crippen LogP contribution in [-0.2, 0) is 12.6 Å². The molecule has 0 unspecified atom stereocenters. The van der Waals surface area contributed by atoms with Gasteiger partial charge in [0.1, 0.15) is 11.5 Å². The summed E-state index contributed by atoms with van der Waals surface area (Å²) in [7, 11) is 0. The standard InChI is InChI=1S/C21H17ClF3N5O2.H2S/c1-11-10-29(13-4-5-15(16(22)8-13)21(23,24)25)20(32)18-12(9-28-30(11)18)7-17(31)14-3-2-6-27-19(14)26;/h2-6,8-9,11H,7,10H2,1H3,(H2,26,27);1H2/t11-;/m0./s1. The second-order valence-electron chi connectivity index (χ2n) is 7.43. The fourth-order valence-corrected chi connectivity index (χ4v) is 3.98. The van der Waals surface area contributed by atoms with Crippen LogP contribution in [0.4, 0.5) is 24.7 Å². The Bertz CT molecular complexity index is 1230. The Balaban J connectivity index is 0.00000306. The highest BCUT2D eigenvalue weighted by Crippen LogP contribution is 2.38. The number of ketones is 1. The topological polar surface area (TPSA) is 94.1 Å². The van der Waals surface area contributed by atoms with Crippen molar-refractivity contribution in [3.63, 3.8) is 0 Å². The van der Waals surface area contributed by atoms with E-state index in [1.54, 1.807) is 12.1 Å². The number of carbonyl (C=O) groups excluding carboxylic acids is 2. The number of nitrogens with zero attached hydrogens (tertiary/aromatic N) is 4. The fourth-order valence-electron chi connectivity index (χ4n) is 3.70. The van der Waals surface area contributed by atoms with Crippen molar-refractivity contribution >= 4 is 48.3 Å². The number of nitrogens with two attached hydrogens (primary N) is 1. The second kappa shape index (κ2) is 9.06. The molecule has 2 aromatic heterocycles. The van der Waals surface area contributed by atoms with Crippen LogP contribution >= 0.6 is 25.1 Å². The summed E-state index contributed by atoms with van der Waals surface area (Å²) in [6.07, 6.45) is -1.83. The van der Waals surface area contributed by atoms with Crippen LogP contribution < -0.4 is 10.6 Å². The van der Waals surface area contributed by atoms with E-state index in [0.717, 1.165) is 12.1 Å². The summed E-state index contributed by atoms with van der Waals surface area (Å²) in [4.78, 5) is 31.2. The number of hydrogen-bond donors (Lipinski definition) is 1. The first kappa shape index (κ1) is 24.6. The third-order valence-electron chi connectivity index (χ3n) is 5.24. The summed E-state index contributed by atoms with van der Waals surface area (Å²) in [6.45, 7) is 1.99. The molecule has 0 saturated carbocycles. The number of nitrogen functional groups attached to an aromatic ring is 1. The van der Waals surface area contributed by atoms with Gasteiger partial charge in [0, 0.05) is 30.4 Å². The van der Waals surface area contributed by atoms with Crippen LogP contribution in [0.2, 0.25) is 5.02 Å². The van der Waals surface area contributed by atoms with Crippen LogP contribution in [0.25, 0.3) is 0 Å². The van der Waals surface area contributed by atoms with E-state index in [0.29, 0.717) is 5.56 Å². The third kappa shape index (κ3) is 4.55. The van der Waals surface area contributed by atoms with E-state index in [1.165, 1.54) is 28.0 Å². The van der Waals surface area contributed by atoms with Crippen molar-refractivity contribution in [1.29, 1.82) is 0 Å². The lowest BCUT2D eigenvalue weighted by Gasteiger charge is -2.32. The molecule has 33 heavy (non-hydrogen) atoms. The summed E-state index contributed by atoms with van der Waals surface area (Å²) in [5.41, 5.74) is 5.82. The van der Waals surface area contributed by atoms with Gasteiger partial charge in [-0.3, -0.25) is 14.3 Å². The lowest BCUT2D eigenvalue weighted by Crippen LogP contribution is -2.43. The predicted octanol–water partition coefficient (Wildman–Crippen LogP) is 4.29. The van der Waals surface area contributed by atoms with E-state index < -0.39 is 22.7 Å². The number of benzene rings is 1. The molecule has 3 aromatic rings. The summed E-state index contributed by atoms with van der Waals surface area (Å²) in [5.74, 6) is -0.737. The van der Waals surface area contributed by atoms with Gasteiger partial charge in [-0.2, -0.15) is 31.8 Å². The largest absolute Gasteiger partial charge is 0.417 e. The number of amides is 1. The van der Waals surface area contributed by atoms with Gasteiger partial charge in [-0.1, -0.05) is 11.6 Å². The lowest BCUT2D eigenvalue weighted by molar-refractivity contribution is -0.137. The fraction of sp³-hybridized carbons (Fsp3) is 0.238. The first-order valence-electron chi connectivity index (χ1n) is 9.56.